The van der Waals surface area contributed by atoms with Crippen molar-refractivity contribution in [1.82, 2.24) is 0 Å². The maximum absolute atomic E-state index is 12.0. The number of amides is 1. The van der Waals surface area contributed by atoms with E-state index in [2.05, 4.69) is 10.5 Å². The molecule has 0 unspecified atom stereocenters. The molecule has 0 bridgehead atoms. The Hall–Kier alpha value is -2.24. The van der Waals surface area contributed by atoms with Crippen LogP contribution in [0.25, 0.3) is 0 Å². The molecule has 1 aliphatic rings. The summed E-state index contributed by atoms with van der Waals surface area (Å²) in [6.45, 7) is -0.00399. The largest absolute Gasteiger partial charge is 0.485 e. The number of amidine groups is 1. The summed E-state index contributed by atoms with van der Waals surface area (Å²) >= 11 is 0. The number of nitrogens with two attached hydrogens (primary N) is 1. The summed E-state index contributed by atoms with van der Waals surface area (Å²) in [4.78, 5) is 12.0. The topological polar surface area (TPSA) is 96.9 Å². The number of nitrogens with one attached hydrogen (secondary N) is 1. The van der Waals surface area contributed by atoms with Crippen molar-refractivity contribution in [3.05, 3.63) is 24.3 Å². The van der Waals surface area contributed by atoms with E-state index >= 15 is 0 Å². The van der Waals surface area contributed by atoms with Crippen LogP contribution in [0.2, 0.25) is 0 Å². The van der Waals surface area contributed by atoms with Crippen molar-refractivity contribution >= 4 is 17.4 Å². The molecule has 1 aromatic rings. The minimum Gasteiger partial charge on any atom is -0.485 e. The first-order valence-electron chi connectivity index (χ1n) is 7.16. The Balaban J connectivity index is 1.86. The lowest BCUT2D eigenvalue weighted by Gasteiger charge is -2.11. The van der Waals surface area contributed by atoms with E-state index < -0.39 is 0 Å². The second kappa shape index (κ2) is 7.52. The fraction of sp³-hybridized carbons (Fsp3) is 0.467. The van der Waals surface area contributed by atoms with Crippen molar-refractivity contribution in [1.29, 1.82) is 0 Å². The van der Waals surface area contributed by atoms with Crippen molar-refractivity contribution in [3.8, 4) is 5.75 Å². The summed E-state index contributed by atoms with van der Waals surface area (Å²) in [6, 6.07) is 7.06. The molecule has 0 heterocycles. The number of anilines is 1. The van der Waals surface area contributed by atoms with E-state index in [9.17, 15) is 4.79 Å². The Morgan fingerprint density at radius 3 is 2.90 bits per heavy atom. The number of ether oxygens (including phenoxy) is 1. The maximum Gasteiger partial charge on any atom is 0.224 e. The van der Waals surface area contributed by atoms with Gasteiger partial charge in [0.2, 0.25) is 5.91 Å². The molecule has 1 aliphatic carbocycles. The molecule has 1 amide bonds. The predicted molar refractivity (Wildman–Crippen MR) is 80.6 cm³/mol. The highest BCUT2D eigenvalue weighted by Crippen LogP contribution is 2.28. The van der Waals surface area contributed by atoms with Gasteiger partial charge in [-0.15, -0.1) is 0 Å². The summed E-state index contributed by atoms with van der Waals surface area (Å²) in [6.07, 6.45) is 5.34. The maximum atomic E-state index is 12.0. The monoisotopic (exact) mass is 291 g/mol. The molecule has 114 valence electrons. The van der Waals surface area contributed by atoms with E-state index in [1.54, 1.807) is 18.2 Å². The Bertz CT molecular complexity index is 511. The molecule has 1 saturated carbocycles. The summed E-state index contributed by atoms with van der Waals surface area (Å²) in [5.41, 5.74) is 6.03. The first-order valence-corrected chi connectivity index (χ1v) is 7.16. The lowest BCUT2D eigenvalue weighted by molar-refractivity contribution is -0.117. The normalized spacial score (nSPS) is 15.9. The summed E-state index contributed by atoms with van der Waals surface area (Å²) in [7, 11) is 0. The summed E-state index contributed by atoms with van der Waals surface area (Å²) in [5.74, 6) is 1.10. The fourth-order valence-corrected chi connectivity index (χ4v) is 2.54. The van der Waals surface area contributed by atoms with Gasteiger partial charge >= 0.3 is 0 Å². The van der Waals surface area contributed by atoms with Crippen LogP contribution in [0.4, 0.5) is 5.69 Å². The lowest BCUT2D eigenvalue weighted by Crippen LogP contribution is -2.21. The fourth-order valence-electron chi connectivity index (χ4n) is 2.54. The third-order valence-corrected chi connectivity index (χ3v) is 3.58. The molecule has 21 heavy (non-hydrogen) atoms. The lowest BCUT2D eigenvalue weighted by atomic mass is 10.0. The summed E-state index contributed by atoms with van der Waals surface area (Å²) < 4.78 is 5.35. The molecule has 0 radical (unpaired) electrons. The molecular formula is C15H21N3O3. The molecule has 0 aliphatic heterocycles. The molecular weight excluding hydrogens is 270 g/mol. The zero-order valence-electron chi connectivity index (χ0n) is 11.9. The van der Waals surface area contributed by atoms with Gasteiger partial charge in [0.05, 0.1) is 0 Å². The number of carbonyl (C=O) groups excluding carboxylic acids is 1. The van der Waals surface area contributed by atoms with E-state index in [4.69, 9.17) is 15.7 Å². The number of hydrogen-bond donors (Lipinski definition) is 3. The van der Waals surface area contributed by atoms with E-state index in [0.717, 1.165) is 12.8 Å². The van der Waals surface area contributed by atoms with Crippen LogP contribution >= 0.6 is 0 Å². The van der Waals surface area contributed by atoms with Crippen molar-refractivity contribution in [2.24, 2.45) is 16.8 Å². The van der Waals surface area contributed by atoms with Crippen molar-refractivity contribution in [2.45, 2.75) is 32.1 Å². The van der Waals surface area contributed by atoms with Gasteiger partial charge in [-0.05, 0) is 30.9 Å². The zero-order valence-corrected chi connectivity index (χ0v) is 11.9. The second-order valence-electron chi connectivity index (χ2n) is 5.31. The molecule has 1 aromatic carbocycles. The number of hydrogen-bond acceptors (Lipinski definition) is 4. The minimum atomic E-state index is -0.00864. The van der Waals surface area contributed by atoms with E-state index in [0.29, 0.717) is 23.8 Å². The summed E-state index contributed by atoms with van der Waals surface area (Å²) in [5, 5.41) is 14.2. The van der Waals surface area contributed by atoms with Crippen LogP contribution in [0.15, 0.2) is 29.4 Å². The SMILES string of the molecule is N/C(COc1cccc(NC(=O)CC2CCCC2)c1)=N\O. The van der Waals surface area contributed by atoms with Crippen molar-refractivity contribution < 1.29 is 14.7 Å². The highest BCUT2D eigenvalue weighted by atomic mass is 16.5. The van der Waals surface area contributed by atoms with Gasteiger partial charge in [-0.1, -0.05) is 24.1 Å². The van der Waals surface area contributed by atoms with Crippen LogP contribution in [0.1, 0.15) is 32.1 Å². The number of nitrogens with zero attached hydrogens (tertiary/aromatic N) is 1. The highest BCUT2D eigenvalue weighted by Gasteiger charge is 2.18. The molecule has 1 fully saturated rings. The predicted octanol–water partition coefficient (Wildman–Crippen LogP) is 2.33. The third-order valence-electron chi connectivity index (χ3n) is 3.58. The molecule has 0 saturated heterocycles. The molecule has 6 heteroatoms. The van der Waals surface area contributed by atoms with Crippen LogP contribution in [-0.2, 0) is 4.79 Å². The van der Waals surface area contributed by atoms with Crippen molar-refractivity contribution in [3.63, 3.8) is 0 Å². The Labute approximate surface area is 124 Å². The van der Waals surface area contributed by atoms with Gasteiger partial charge in [0.1, 0.15) is 12.4 Å². The van der Waals surface area contributed by atoms with Crippen LogP contribution in [0.3, 0.4) is 0 Å². The zero-order chi connectivity index (χ0) is 15.1. The third kappa shape index (κ3) is 4.98. The van der Waals surface area contributed by atoms with Gasteiger partial charge in [0.25, 0.3) is 0 Å². The molecule has 0 aromatic heterocycles. The quantitative estimate of drug-likeness (QED) is 0.324. The molecule has 6 nitrogen and oxygen atoms in total. The average molecular weight is 291 g/mol. The van der Waals surface area contributed by atoms with Crippen LogP contribution in [-0.4, -0.2) is 23.6 Å². The molecule has 4 N–H and O–H groups in total. The van der Waals surface area contributed by atoms with Gasteiger partial charge in [0, 0.05) is 18.2 Å². The van der Waals surface area contributed by atoms with Crippen LogP contribution in [0, 0.1) is 5.92 Å². The van der Waals surface area contributed by atoms with E-state index in [-0.39, 0.29) is 18.3 Å². The van der Waals surface area contributed by atoms with Gasteiger partial charge in [-0.3, -0.25) is 4.79 Å². The van der Waals surface area contributed by atoms with Crippen LogP contribution in [0.5, 0.6) is 5.75 Å². The van der Waals surface area contributed by atoms with E-state index in [1.165, 1.54) is 12.8 Å². The molecule has 0 atom stereocenters. The van der Waals surface area contributed by atoms with Gasteiger partial charge in [0.15, 0.2) is 5.84 Å². The first kappa shape index (κ1) is 15.2. The second-order valence-corrected chi connectivity index (χ2v) is 5.31. The Kier molecular flexibility index (Phi) is 5.43. The van der Waals surface area contributed by atoms with E-state index in [1.807, 2.05) is 6.07 Å². The van der Waals surface area contributed by atoms with Gasteiger partial charge < -0.3 is 21.0 Å². The number of benzene rings is 1. The number of carbonyl (C=O) groups is 1. The minimum absolute atomic E-state index is 0.00399. The Morgan fingerprint density at radius 1 is 1.43 bits per heavy atom. The van der Waals surface area contributed by atoms with Crippen molar-refractivity contribution in [2.75, 3.05) is 11.9 Å². The first-order chi connectivity index (χ1) is 10.2. The standard InChI is InChI=1S/C15H21N3O3/c16-14(18-20)10-21-13-7-3-6-12(9-13)17-15(19)8-11-4-1-2-5-11/h3,6-7,9,11,20H,1-2,4-5,8,10H2,(H2,16,18)(H,17,19). The molecule has 0 spiro atoms. The van der Waals surface area contributed by atoms with Crippen LogP contribution < -0.4 is 15.8 Å². The average Bonchev–Trinajstić information content (AvgIpc) is 2.97. The molecule has 2 rings (SSSR count). The smallest absolute Gasteiger partial charge is 0.224 e. The highest BCUT2D eigenvalue weighted by molar-refractivity contribution is 5.91. The van der Waals surface area contributed by atoms with Gasteiger partial charge in [-0.25, -0.2) is 0 Å². The number of rotatable bonds is 6. The Morgan fingerprint density at radius 2 is 2.19 bits per heavy atom. The van der Waals surface area contributed by atoms with Gasteiger partial charge in [-0.2, -0.15) is 0 Å². The number of oxime groups is 1.